The van der Waals surface area contributed by atoms with Gasteiger partial charge in [0.25, 0.3) is 0 Å². The van der Waals surface area contributed by atoms with E-state index in [4.69, 9.17) is 9.72 Å². The van der Waals surface area contributed by atoms with E-state index in [0.717, 1.165) is 24.5 Å². The van der Waals surface area contributed by atoms with Crippen LogP contribution in [0.15, 0.2) is 0 Å². The molecule has 0 saturated heterocycles. The highest BCUT2D eigenvalue weighted by Gasteiger charge is 2.30. The fourth-order valence-corrected chi connectivity index (χ4v) is 3.41. The Balaban J connectivity index is 3.05. The summed E-state index contributed by atoms with van der Waals surface area (Å²) in [4.78, 5) is 6.25. The van der Waals surface area contributed by atoms with Crippen LogP contribution in [0.3, 0.4) is 0 Å². The standard InChI is InChI=1S/C16H30N2OS/c1-8-10-17-11-12-13(15(3,4)5)18-14(20-12)16(6,7)19-9-2/h17H,8-11H2,1-7H3. The van der Waals surface area contributed by atoms with Crippen molar-refractivity contribution >= 4 is 11.3 Å². The maximum absolute atomic E-state index is 5.85. The van der Waals surface area contributed by atoms with Gasteiger partial charge in [-0.15, -0.1) is 11.3 Å². The third-order valence-corrected chi connectivity index (χ3v) is 4.50. The molecule has 0 bridgehead atoms. The molecule has 0 fully saturated rings. The Bertz CT molecular complexity index is 419. The number of nitrogens with zero attached hydrogens (tertiary/aromatic N) is 1. The first-order valence-corrected chi connectivity index (χ1v) is 8.39. The van der Waals surface area contributed by atoms with Crippen molar-refractivity contribution in [1.82, 2.24) is 10.3 Å². The minimum Gasteiger partial charge on any atom is -0.369 e. The van der Waals surface area contributed by atoms with Gasteiger partial charge in [0.1, 0.15) is 10.6 Å². The average molecular weight is 298 g/mol. The van der Waals surface area contributed by atoms with Crippen LogP contribution in [0.25, 0.3) is 0 Å². The molecule has 0 radical (unpaired) electrons. The zero-order valence-corrected chi connectivity index (χ0v) is 14.9. The second-order valence-electron chi connectivity index (χ2n) is 6.66. The third kappa shape index (κ3) is 4.54. The highest BCUT2D eigenvalue weighted by atomic mass is 32.1. The first kappa shape index (κ1) is 17.6. The molecule has 0 unspecified atom stereocenters. The maximum atomic E-state index is 5.85. The number of hydrogen-bond donors (Lipinski definition) is 1. The lowest BCUT2D eigenvalue weighted by molar-refractivity contribution is -0.0143. The summed E-state index contributed by atoms with van der Waals surface area (Å²) in [6.07, 6.45) is 1.15. The summed E-state index contributed by atoms with van der Waals surface area (Å²) in [5.74, 6) is 0. The fraction of sp³-hybridized carbons (Fsp3) is 0.812. The first-order chi connectivity index (χ1) is 9.22. The molecule has 0 aliphatic carbocycles. The molecular formula is C16H30N2OS. The lowest BCUT2D eigenvalue weighted by atomic mass is 9.91. The van der Waals surface area contributed by atoms with Crippen molar-refractivity contribution in [2.75, 3.05) is 13.2 Å². The van der Waals surface area contributed by atoms with Crippen molar-refractivity contribution in [2.45, 2.75) is 72.4 Å². The van der Waals surface area contributed by atoms with E-state index >= 15 is 0 Å². The van der Waals surface area contributed by atoms with Gasteiger partial charge in [-0.2, -0.15) is 0 Å². The molecule has 1 heterocycles. The molecule has 20 heavy (non-hydrogen) atoms. The molecule has 0 aliphatic heterocycles. The van der Waals surface area contributed by atoms with E-state index in [9.17, 15) is 0 Å². The molecule has 1 aromatic heterocycles. The molecule has 0 saturated carbocycles. The number of thiazole rings is 1. The largest absolute Gasteiger partial charge is 0.369 e. The van der Waals surface area contributed by atoms with E-state index in [2.05, 4.69) is 46.9 Å². The second-order valence-corrected chi connectivity index (χ2v) is 7.74. The Labute approximate surface area is 128 Å². The van der Waals surface area contributed by atoms with Crippen molar-refractivity contribution in [1.29, 1.82) is 0 Å². The Morgan fingerprint density at radius 2 is 1.80 bits per heavy atom. The number of ether oxygens (including phenoxy) is 1. The molecule has 0 atom stereocenters. The predicted molar refractivity (Wildman–Crippen MR) is 87.5 cm³/mol. The van der Waals surface area contributed by atoms with E-state index in [0.29, 0.717) is 6.61 Å². The minimum atomic E-state index is -0.303. The third-order valence-electron chi connectivity index (χ3n) is 3.14. The Hall–Kier alpha value is -0.450. The van der Waals surface area contributed by atoms with Gasteiger partial charge in [0.15, 0.2) is 0 Å². The van der Waals surface area contributed by atoms with Crippen LogP contribution in [0.5, 0.6) is 0 Å². The molecule has 0 aromatic carbocycles. The van der Waals surface area contributed by atoms with Gasteiger partial charge in [-0.3, -0.25) is 0 Å². The molecule has 116 valence electrons. The summed E-state index contributed by atoms with van der Waals surface area (Å²) in [7, 11) is 0. The second kappa shape index (κ2) is 7.01. The highest BCUT2D eigenvalue weighted by Crippen LogP contribution is 2.35. The quantitative estimate of drug-likeness (QED) is 0.766. The van der Waals surface area contributed by atoms with Crippen molar-refractivity contribution in [3.05, 3.63) is 15.6 Å². The van der Waals surface area contributed by atoms with Gasteiger partial charge in [0.05, 0.1) is 5.69 Å². The monoisotopic (exact) mass is 298 g/mol. The molecular weight excluding hydrogens is 268 g/mol. The normalized spacial score (nSPS) is 12.9. The van der Waals surface area contributed by atoms with E-state index in [1.807, 2.05) is 6.92 Å². The van der Waals surface area contributed by atoms with Gasteiger partial charge < -0.3 is 10.1 Å². The first-order valence-electron chi connectivity index (χ1n) is 7.57. The maximum Gasteiger partial charge on any atom is 0.125 e. The molecule has 0 amide bonds. The zero-order valence-electron chi connectivity index (χ0n) is 14.1. The van der Waals surface area contributed by atoms with Gasteiger partial charge >= 0.3 is 0 Å². The lowest BCUT2D eigenvalue weighted by Gasteiger charge is -2.22. The average Bonchev–Trinajstić information content (AvgIpc) is 2.74. The zero-order chi connectivity index (χ0) is 15.4. The smallest absolute Gasteiger partial charge is 0.125 e. The van der Waals surface area contributed by atoms with Gasteiger partial charge in [-0.05, 0) is 33.7 Å². The SMILES string of the molecule is CCCNCc1sc(C(C)(C)OCC)nc1C(C)(C)C. The lowest BCUT2D eigenvalue weighted by Crippen LogP contribution is -2.22. The van der Waals surface area contributed by atoms with Gasteiger partial charge in [-0.1, -0.05) is 27.7 Å². The molecule has 3 nitrogen and oxygen atoms in total. The fourth-order valence-electron chi connectivity index (χ4n) is 2.12. The molecule has 0 spiro atoms. The van der Waals surface area contributed by atoms with E-state index in [1.54, 1.807) is 11.3 Å². The van der Waals surface area contributed by atoms with Crippen molar-refractivity contribution in [2.24, 2.45) is 0 Å². The molecule has 1 N–H and O–H groups in total. The van der Waals surface area contributed by atoms with Crippen LogP contribution in [0.2, 0.25) is 0 Å². The van der Waals surface area contributed by atoms with Crippen molar-refractivity contribution in [3.63, 3.8) is 0 Å². The Kier molecular flexibility index (Phi) is 6.17. The van der Waals surface area contributed by atoms with Crippen molar-refractivity contribution in [3.8, 4) is 0 Å². The summed E-state index contributed by atoms with van der Waals surface area (Å²) in [5.41, 5.74) is 0.969. The molecule has 1 aromatic rings. The summed E-state index contributed by atoms with van der Waals surface area (Å²) in [5, 5.41) is 4.57. The van der Waals surface area contributed by atoms with Crippen LogP contribution in [0.4, 0.5) is 0 Å². The molecule has 0 aliphatic rings. The minimum absolute atomic E-state index is 0.0697. The van der Waals surface area contributed by atoms with Crippen LogP contribution in [-0.2, 0) is 22.3 Å². The van der Waals surface area contributed by atoms with Gasteiger partial charge in [0, 0.05) is 23.4 Å². The Morgan fingerprint density at radius 1 is 1.15 bits per heavy atom. The summed E-state index contributed by atoms with van der Waals surface area (Å²) >= 11 is 1.79. The summed E-state index contributed by atoms with van der Waals surface area (Å²) < 4.78 is 5.85. The number of aromatic nitrogens is 1. The van der Waals surface area contributed by atoms with Gasteiger partial charge in [0.2, 0.25) is 0 Å². The summed E-state index contributed by atoms with van der Waals surface area (Å²) in [6.45, 7) is 17.8. The number of rotatable bonds is 7. The number of hydrogen-bond acceptors (Lipinski definition) is 4. The van der Waals surface area contributed by atoms with Gasteiger partial charge in [-0.25, -0.2) is 4.98 Å². The van der Waals surface area contributed by atoms with Crippen LogP contribution < -0.4 is 5.32 Å². The van der Waals surface area contributed by atoms with Crippen LogP contribution in [0, 0.1) is 0 Å². The van der Waals surface area contributed by atoms with Crippen LogP contribution >= 0.6 is 11.3 Å². The van der Waals surface area contributed by atoms with Crippen molar-refractivity contribution < 1.29 is 4.74 Å². The highest BCUT2D eigenvalue weighted by molar-refractivity contribution is 7.11. The molecule has 4 heteroatoms. The Morgan fingerprint density at radius 3 is 2.30 bits per heavy atom. The van der Waals surface area contributed by atoms with E-state index < -0.39 is 0 Å². The predicted octanol–water partition coefficient (Wildman–Crippen LogP) is 4.21. The van der Waals surface area contributed by atoms with E-state index in [-0.39, 0.29) is 11.0 Å². The van der Waals surface area contributed by atoms with E-state index in [1.165, 1.54) is 10.6 Å². The summed E-state index contributed by atoms with van der Waals surface area (Å²) in [6, 6.07) is 0. The molecule has 1 rings (SSSR count). The number of nitrogens with one attached hydrogen (secondary N) is 1. The topological polar surface area (TPSA) is 34.1 Å². The van der Waals surface area contributed by atoms with Crippen LogP contribution in [0.1, 0.15) is 70.5 Å². The van der Waals surface area contributed by atoms with Crippen LogP contribution in [-0.4, -0.2) is 18.1 Å².